The third kappa shape index (κ3) is 2.82. The molecule has 4 heteroatoms. The highest BCUT2D eigenvalue weighted by Gasteiger charge is 2.42. The fourth-order valence-electron chi connectivity index (χ4n) is 3.26. The normalized spacial score (nSPS) is 29.6. The first-order valence-corrected chi connectivity index (χ1v) is 6.87. The largest absolute Gasteiger partial charge is 0.396 e. The van der Waals surface area contributed by atoms with Crippen LogP contribution in [0.5, 0.6) is 0 Å². The van der Waals surface area contributed by atoms with Crippen molar-refractivity contribution < 1.29 is 15.3 Å². The predicted molar refractivity (Wildman–Crippen MR) is 73.6 cm³/mol. The van der Waals surface area contributed by atoms with Gasteiger partial charge in [0.2, 0.25) is 0 Å². The number of nitrogens with zero attached hydrogens (tertiary/aromatic N) is 1. The summed E-state index contributed by atoms with van der Waals surface area (Å²) in [5, 5.41) is 28.6. The zero-order chi connectivity index (χ0) is 13.8. The zero-order valence-electron chi connectivity index (χ0n) is 11.3. The summed E-state index contributed by atoms with van der Waals surface area (Å²) < 4.78 is 0. The Labute approximate surface area is 114 Å². The Morgan fingerprint density at radius 3 is 2.32 bits per heavy atom. The molecule has 1 saturated heterocycles. The predicted octanol–water partition coefficient (Wildman–Crippen LogP) is 0.784. The minimum absolute atomic E-state index is 0.00417. The Balaban J connectivity index is 2.24. The van der Waals surface area contributed by atoms with E-state index in [4.69, 9.17) is 0 Å². The van der Waals surface area contributed by atoms with Crippen LogP contribution in [0.4, 0.5) is 0 Å². The lowest BCUT2D eigenvalue weighted by molar-refractivity contribution is 0.0488. The lowest BCUT2D eigenvalue weighted by Gasteiger charge is -2.35. The van der Waals surface area contributed by atoms with Crippen molar-refractivity contribution in [3.63, 3.8) is 0 Å². The van der Waals surface area contributed by atoms with Crippen LogP contribution < -0.4 is 0 Å². The maximum atomic E-state index is 9.61. The molecular formula is C15H23NO3. The molecule has 0 amide bonds. The van der Waals surface area contributed by atoms with Gasteiger partial charge >= 0.3 is 0 Å². The topological polar surface area (TPSA) is 63.9 Å². The molecule has 4 nitrogen and oxygen atoms in total. The smallest absolute Gasteiger partial charge is 0.0590 e. The molecule has 0 unspecified atom stereocenters. The van der Waals surface area contributed by atoms with Gasteiger partial charge in [-0.05, 0) is 18.9 Å². The van der Waals surface area contributed by atoms with Gasteiger partial charge in [-0.2, -0.15) is 0 Å². The third-order valence-electron chi connectivity index (χ3n) is 4.29. The highest BCUT2D eigenvalue weighted by Crippen LogP contribution is 2.36. The molecule has 0 radical (unpaired) electrons. The average Bonchev–Trinajstić information content (AvgIpc) is 2.84. The van der Waals surface area contributed by atoms with E-state index in [0.717, 1.165) is 12.0 Å². The van der Waals surface area contributed by atoms with E-state index in [9.17, 15) is 15.3 Å². The number of benzene rings is 1. The second kappa shape index (κ2) is 6.48. The SMILES string of the molecule is C[C@H](c1ccccc1)N1[C@H](CO)C[C@H](CO)[C@H]1CO. The first-order chi connectivity index (χ1) is 9.22. The van der Waals surface area contributed by atoms with Crippen molar-refractivity contribution in [2.45, 2.75) is 31.5 Å². The number of hydrogen-bond donors (Lipinski definition) is 3. The zero-order valence-corrected chi connectivity index (χ0v) is 11.3. The van der Waals surface area contributed by atoms with Gasteiger partial charge < -0.3 is 15.3 Å². The van der Waals surface area contributed by atoms with Gasteiger partial charge in [0.15, 0.2) is 0 Å². The minimum atomic E-state index is -0.0858. The fraction of sp³-hybridized carbons (Fsp3) is 0.600. The van der Waals surface area contributed by atoms with Crippen LogP contribution in [-0.4, -0.2) is 52.1 Å². The van der Waals surface area contributed by atoms with Crippen LogP contribution >= 0.6 is 0 Å². The second-order valence-corrected chi connectivity index (χ2v) is 5.30. The molecule has 1 aromatic rings. The Morgan fingerprint density at radius 1 is 1.11 bits per heavy atom. The summed E-state index contributed by atoms with van der Waals surface area (Å²) in [4.78, 5) is 2.15. The third-order valence-corrected chi connectivity index (χ3v) is 4.29. The average molecular weight is 265 g/mol. The van der Waals surface area contributed by atoms with Gasteiger partial charge in [0.25, 0.3) is 0 Å². The molecule has 1 aliphatic rings. The lowest BCUT2D eigenvalue weighted by Crippen LogP contribution is -2.43. The first-order valence-electron chi connectivity index (χ1n) is 6.87. The fourth-order valence-corrected chi connectivity index (χ4v) is 3.26. The molecule has 0 aliphatic carbocycles. The van der Waals surface area contributed by atoms with Crippen LogP contribution in [-0.2, 0) is 0 Å². The molecule has 0 saturated carbocycles. The Morgan fingerprint density at radius 2 is 1.79 bits per heavy atom. The van der Waals surface area contributed by atoms with Gasteiger partial charge in [0.1, 0.15) is 0 Å². The molecule has 1 fully saturated rings. The van der Waals surface area contributed by atoms with Crippen molar-refractivity contribution in [1.29, 1.82) is 0 Å². The number of hydrogen-bond acceptors (Lipinski definition) is 4. The number of aliphatic hydroxyl groups is 3. The first kappa shape index (κ1) is 14.5. The highest BCUT2D eigenvalue weighted by atomic mass is 16.3. The standard InChI is InChI=1S/C15H23NO3/c1-11(12-5-3-2-4-6-12)16-14(9-18)7-13(8-17)15(16)10-19/h2-6,11,13-15,17-19H,7-10H2,1H3/t11-,13-,14+,15-/m1/s1. The van der Waals surface area contributed by atoms with Crippen LogP contribution in [0.15, 0.2) is 30.3 Å². The monoisotopic (exact) mass is 265 g/mol. The quantitative estimate of drug-likeness (QED) is 0.736. The van der Waals surface area contributed by atoms with Crippen molar-refractivity contribution in [2.24, 2.45) is 5.92 Å². The van der Waals surface area contributed by atoms with E-state index in [1.165, 1.54) is 0 Å². The summed E-state index contributed by atoms with van der Waals surface area (Å²) in [6.07, 6.45) is 0.732. The van der Waals surface area contributed by atoms with E-state index in [1.807, 2.05) is 18.2 Å². The van der Waals surface area contributed by atoms with Crippen molar-refractivity contribution in [3.8, 4) is 0 Å². The molecule has 4 atom stereocenters. The summed E-state index contributed by atoms with van der Waals surface area (Å²) in [6.45, 7) is 2.21. The van der Waals surface area contributed by atoms with Crippen LogP contribution in [0.2, 0.25) is 0 Å². The summed E-state index contributed by atoms with van der Waals surface area (Å²) in [5.41, 5.74) is 1.16. The molecule has 1 aromatic carbocycles. The van der Waals surface area contributed by atoms with E-state index in [1.54, 1.807) is 0 Å². The number of aliphatic hydroxyl groups excluding tert-OH is 3. The van der Waals surface area contributed by atoms with Crippen LogP contribution in [0, 0.1) is 5.92 Å². The minimum Gasteiger partial charge on any atom is -0.396 e. The van der Waals surface area contributed by atoms with Crippen molar-refractivity contribution in [3.05, 3.63) is 35.9 Å². The van der Waals surface area contributed by atoms with E-state index in [2.05, 4.69) is 24.0 Å². The second-order valence-electron chi connectivity index (χ2n) is 5.30. The Hall–Kier alpha value is -0.940. The van der Waals surface area contributed by atoms with E-state index < -0.39 is 0 Å². The van der Waals surface area contributed by atoms with Crippen molar-refractivity contribution >= 4 is 0 Å². The van der Waals surface area contributed by atoms with Gasteiger partial charge in [-0.1, -0.05) is 30.3 Å². The van der Waals surface area contributed by atoms with Gasteiger partial charge in [-0.25, -0.2) is 0 Å². The molecule has 19 heavy (non-hydrogen) atoms. The maximum absolute atomic E-state index is 9.61. The summed E-state index contributed by atoms with van der Waals surface area (Å²) >= 11 is 0. The molecule has 0 aromatic heterocycles. The maximum Gasteiger partial charge on any atom is 0.0590 e. The van der Waals surface area contributed by atoms with Crippen LogP contribution in [0.25, 0.3) is 0 Å². The van der Waals surface area contributed by atoms with Crippen LogP contribution in [0.3, 0.4) is 0 Å². The molecule has 1 aliphatic heterocycles. The number of likely N-dealkylation sites (tertiary alicyclic amines) is 1. The Bertz CT molecular complexity index is 384. The van der Waals surface area contributed by atoms with Gasteiger partial charge in [-0.3, -0.25) is 4.90 Å². The molecule has 106 valence electrons. The lowest BCUT2D eigenvalue weighted by atomic mass is 10.00. The van der Waals surface area contributed by atoms with Crippen molar-refractivity contribution in [1.82, 2.24) is 4.90 Å². The summed E-state index contributed by atoms with van der Waals surface area (Å²) in [5.74, 6) is 0.0355. The Kier molecular flexibility index (Phi) is 4.93. The van der Waals surface area contributed by atoms with E-state index >= 15 is 0 Å². The van der Waals surface area contributed by atoms with Gasteiger partial charge in [-0.15, -0.1) is 0 Å². The number of rotatable bonds is 5. The van der Waals surface area contributed by atoms with Crippen LogP contribution in [0.1, 0.15) is 24.9 Å². The highest BCUT2D eigenvalue weighted by molar-refractivity contribution is 5.19. The molecule has 0 bridgehead atoms. The molecule has 0 spiro atoms. The van der Waals surface area contributed by atoms with Gasteiger partial charge in [0.05, 0.1) is 13.2 Å². The molecule has 1 heterocycles. The molecular weight excluding hydrogens is 242 g/mol. The summed E-state index contributed by atoms with van der Waals surface area (Å²) in [7, 11) is 0. The van der Waals surface area contributed by atoms with Crippen molar-refractivity contribution in [2.75, 3.05) is 19.8 Å². The van der Waals surface area contributed by atoms with Gasteiger partial charge in [0, 0.05) is 30.7 Å². The van der Waals surface area contributed by atoms with E-state index in [-0.39, 0.29) is 43.9 Å². The molecule has 2 rings (SSSR count). The molecule has 3 N–H and O–H groups in total. The van der Waals surface area contributed by atoms with E-state index in [0.29, 0.717) is 0 Å². The summed E-state index contributed by atoms with van der Waals surface area (Å²) in [6, 6.07) is 10.1.